The normalized spacial score (nSPS) is 12.2. The number of rotatable bonds is 4. The molecule has 1 aromatic carbocycles. The van der Waals surface area contributed by atoms with E-state index in [1.54, 1.807) is 6.92 Å². The molecule has 0 aliphatic carbocycles. The zero-order valence-electron chi connectivity index (χ0n) is 8.13. The minimum Gasteiger partial charge on any atom is -0.480 e. The Labute approximate surface area is 91.9 Å². The lowest BCUT2D eigenvalue weighted by Gasteiger charge is -2.14. The van der Waals surface area contributed by atoms with Gasteiger partial charge in [-0.15, -0.1) is 0 Å². The van der Waals surface area contributed by atoms with Crippen molar-refractivity contribution in [2.45, 2.75) is 19.4 Å². The quantitative estimate of drug-likeness (QED) is 0.838. The molecule has 1 atom stereocenters. The van der Waals surface area contributed by atoms with E-state index >= 15 is 0 Å². The minimum atomic E-state index is -0.960. The molecule has 0 radical (unpaired) electrons. The molecule has 0 bridgehead atoms. The average Bonchev–Trinajstić information content (AvgIpc) is 2.16. The number of hydrogen-bond donors (Lipinski definition) is 2. The maximum atomic E-state index is 12.7. The summed E-state index contributed by atoms with van der Waals surface area (Å²) in [6, 6.07) is 3.07. The van der Waals surface area contributed by atoms with E-state index in [1.807, 2.05) is 0 Å². The van der Waals surface area contributed by atoms with Crippen molar-refractivity contribution < 1.29 is 14.3 Å². The van der Waals surface area contributed by atoms with Gasteiger partial charge >= 0.3 is 5.97 Å². The van der Waals surface area contributed by atoms with Crippen LogP contribution in [0.4, 0.5) is 10.1 Å². The van der Waals surface area contributed by atoms with Crippen molar-refractivity contribution in [2.75, 3.05) is 5.32 Å². The standard InChI is InChI=1S/C10H11ClFNO2/c1-2-8(10(14)15)13-9-4-3-6(12)5-7(9)11/h3-5,8,13H,2H2,1H3,(H,14,15). The van der Waals surface area contributed by atoms with Crippen LogP contribution in [0.2, 0.25) is 5.02 Å². The number of carbonyl (C=O) groups is 1. The van der Waals surface area contributed by atoms with Gasteiger partial charge in [-0.1, -0.05) is 18.5 Å². The zero-order chi connectivity index (χ0) is 11.4. The molecule has 82 valence electrons. The van der Waals surface area contributed by atoms with Crippen LogP contribution in [0.5, 0.6) is 0 Å². The highest BCUT2D eigenvalue weighted by Crippen LogP contribution is 2.23. The van der Waals surface area contributed by atoms with Crippen LogP contribution in [0, 0.1) is 5.82 Å². The first kappa shape index (κ1) is 11.8. The van der Waals surface area contributed by atoms with Crippen molar-refractivity contribution >= 4 is 23.3 Å². The van der Waals surface area contributed by atoms with E-state index in [2.05, 4.69) is 5.32 Å². The Hall–Kier alpha value is -1.29. The van der Waals surface area contributed by atoms with Gasteiger partial charge in [-0.2, -0.15) is 0 Å². The number of benzene rings is 1. The highest BCUT2D eigenvalue weighted by atomic mass is 35.5. The predicted octanol–water partition coefficient (Wildman–Crippen LogP) is 2.75. The number of hydrogen-bond acceptors (Lipinski definition) is 2. The fourth-order valence-electron chi connectivity index (χ4n) is 1.13. The van der Waals surface area contributed by atoms with Gasteiger partial charge in [0.05, 0.1) is 10.7 Å². The second-order valence-corrected chi connectivity index (χ2v) is 3.47. The Morgan fingerprint density at radius 2 is 2.33 bits per heavy atom. The number of carboxylic acid groups (broad SMARTS) is 1. The number of anilines is 1. The van der Waals surface area contributed by atoms with E-state index in [0.717, 1.165) is 6.07 Å². The number of carboxylic acids is 1. The monoisotopic (exact) mass is 231 g/mol. The van der Waals surface area contributed by atoms with Gasteiger partial charge in [-0.3, -0.25) is 0 Å². The first-order chi connectivity index (χ1) is 7.04. The third kappa shape index (κ3) is 3.09. The van der Waals surface area contributed by atoms with Crippen LogP contribution in [0.3, 0.4) is 0 Å². The smallest absolute Gasteiger partial charge is 0.326 e. The maximum absolute atomic E-state index is 12.7. The second kappa shape index (κ2) is 4.98. The van der Waals surface area contributed by atoms with Gasteiger partial charge < -0.3 is 10.4 Å². The van der Waals surface area contributed by atoms with Crippen molar-refractivity contribution in [3.05, 3.63) is 29.0 Å². The molecule has 1 unspecified atom stereocenters. The first-order valence-corrected chi connectivity index (χ1v) is 4.86. The lowest BCUT2D eigenvalue weighted by Crippen LogP contribution is -2.28. The van der Waals surface area contributed by atoms with Gasteiger partial charge in [0, 0.05) is 0 Å². The van der Waals surface area contributed by atoms with Crippen LogP contribution in [-0.2, 0) is 4.79 Å². The van der Waals surface area contributed by atoms with Gasteiger partial charge in [0.15, 0.2) is 0 Å². The predicted molar refractivity (Wildman–Crippen MR) is 56.7 cm³/mol. The molecule has 15 heavy (non-hydrogen) atoms. The molecule has 3 nitrogen and oxygen atoms in total. The second-order valence-electron chi connectivity index (χ2n) is 3.07. The summed E-state index contributed by atoms with van der Waals surface area (Å²) >= 11 is 5.74. The lowest BCUT2D eigenvalue weighted by molar-refractivity contribution is -0.137. The Morgan fingerprint density at radius 1 is 1.67 bits per heavy atom. The Bertz CT molecular complexity index is 370. The summed E-state index contributed by atoms with van der Waals surface area (Å²) in [6.45, 7) is 1.74. The molecule has 0 fully saturated rings. The highest BCUT2D eigenvalue weighted by molar-refractivity contribution is 6.33. The van der Waals surface area contributed by atoms with Crippen molar-refractivity contribution in [1.82, 2.24) is 0 Å². The van der Waals surface area contributed by atoms with E-state index in [9.17, 15) is 9.18 Å². The summed E-state index contributed by atoms with van der Waals surface area (Å²) in [6.07, 6.45) is 0.420. The van der Waals surface area contributed by atoms with Crippen LogP contribution >= 0.6 is 11.6 Å². The summed E-state index contributed by atoms with van der Waals surface area (Å²) in [4.78, 5) is 10.7. The van der Waals surface area contributed by atoms with Crippen molar-refractivity contribution in [1.29, 1.82) is 0 Å². The first-order valence-electron chi connectivity index (χ1n) is 4.49. The van der Waals surface area contributed by atoms with E-state index in [1.165, 1.54) is 12.1 Å². The number of aliphatic carboxylic acids is 1. The summed E-state index contributed by atoms with van der Waals surface area (Å²) in [5.74, 6) is -1.41. The molecule has 5 heteroatoms. The van der Waals surface area contributed by atoms with Crippen LogP contribution in [-0.4, -0.2) is 17.1 Å². The lowest BCUT2D eigenvalue weighted by atomic mass is 10.2. The summed E-state index contributed by atoms with van der Waals surface area (Å²) in [5, 5.41) is 11.7. The summed E-state index contributed by atoms with van der Waals surface area (Å²) < 4.78 is 12.7. The number of halogens is 2. The average molecular weight is 232 g/mol. The Balaban J connectivity index is 2.84. The topological polar surface area (TPSA) is 49.3 Å². The molecule has 0 aliphatic heterocycles. The molecule has 0 saturated carbocycles. The summed E-state index contributed by atoms with van der Waals surface area (Å²) in [7, 11) is 0. The molecule has 1 rings (SSSR count). The van der Waals surface area contributed by atoms with E-state index in [-0.39, 0.29) is 5.02 Å². The number of nitrogens with one attached hydrogen (secondary N) is 1. The largest absolute Gasteiger partial charge is 0.480 e. The van der Waals surface area contributed by atoms with Gasteiger partial charge in [-0.25, -0.2) is 9.18 Å². The third-order valence-corrected chi connectivity index (χ3v) is 2.28. The zero-order valence-corrected chi connectivity index (χ0v) is 8.88. The highest BCUT2D eigenvalue weighted by Gasteiger charge is 2.15. The minimum absolute atomic E-state index is 0.176. The SMILES string of the molecule is CCC(Nc1ccc(F)cc1Cl)C(=O)O. The van der Waals surface area contributed by atoms with E-state index in [4.69, 9.17) is 16.7 Å². The molecule has 1 aromatic rings. The van der Waals surface area contributed by atoms with E-state index in [0.29, 0.717) is 12.1 Å². The van der Waals surface area contributed by atoms with Gasteiger partial charge in [0.1, 0.15) is 11.9 Å². The maximum Gasteiger partial charge on any atom is 0.326 e. The Kier molecular flexibility index (Phi) is 3.91. The van der Waals surface area contributed by atoms with Crippen molar-refractivity contribution in [3.8, 4) is 0 Å². The molecule has 0 heterocycles. The molecule has 0 saturated heterocycles. The van der Waals surface area contributed by atoms with Crippen molar-refractivity contribution in [3.63, 3.8) is 0 Å². The van der Waals surface area contributed by atoms with E-state index < -0.39 is 17.8 Å². The molecule has 0 aliphatic rings. The van der Waals surface area contributed by atoms with Gasteiger partial charge in [0.25, 0.3) is 0 Å². The molecular formula is C10H11ClFNO2. The molecule has 0 amide bonds. The van der Waals surface area contributed by atoms with Gasteiger partial charge in [-0.05, 0) is 24.6 Å². The third-order valence-electron chi connectivity index (χ3n) is 1.97. The summed E-state index contributed by atoms with van der Waals surface area (Å²) in [5.41, 5.74) is 0.423. The Morgan fingerprint density at radius 3 is 2.80 bits per heavy atom. The molecular weight excluding hydrogens is 221 g/mol. The fourth-order valence-corrected chi connectivity index (χ4v) is 1.35. The molecule has 2 N–H and O–H groups in total. The molecule has 0 spiro atoms. The van der Waals surface area contributed by atoms with Crippen LogP contribution in [0.1, 0.15) is 13.3 Å². The van der Waals surface area contributed by atoms with Gasteiger partial charge in [0.2, 0.25) is 0 Å². The van der Waals surface area contributed by atoms with Crippen molar-refractivity contribution in [2.24, 2.45) is 0 Å². The van der Waals surface area contributed by atoms with Crippen LogP contribution in [0.15, 0.2) is 18.2 Å². The fraction of sp³-hybridized carbons (Fsp3) is 0.300. The molecule has 0 aromatic heterocycles. The van der Waals surface area contributed by atoms with Crippen LogP contribution < -0.4 is 5.32 Å². The van der Waals surface area contributed by atoms with Crippen LogP contribution in [0.25, 0.3) is 0 Å².